The molecule has 0 saturated carbocycles. The maximum Gasteiger partial charge on any atom is 0.264 e. The monoisotopic (exact) mass is 521 g/mol. The van der Waals surface area contributed by atoms with E-state index in [1.54, 1.807) is 37.3 Å². The predicted molar refractivity (Wildman–Crippen MR) is 147 cm³/mol. The lowest BCUT2D eigenvalue weighted by molar-refractivity contribution is -0.139. The Morgan fingerprint density at radius 1 is 0.892 bits per heavy atom. The third-order valence-corrected chi connectivity index (χ3v) is 7.98. The summed E-state index contributed by atoms with van der Waals surface area (Å²) in [6, 6.07) is 22.1. The van der Waals surface area contributed by atoms with Crippen molar-refractivity contribution < 1.29 is 18.0 Å². The standard InChI is InChI=1S/C29H35N3O4S/c1-5-24-15-17-26(18-16-24)32(37(35,36)27-13-8-7-9-14-27)21-28(33)31(23(4)29(34)30-6-2)20-25-12-10-11-22(3)19-25/h7-19,23H,5-6,20-21H2,1-4H3,(H,30,34). The Morgan fingerprint density at radius 2 is 1.57 bits per heavy atom. The maximum absolute atomic E-state index is 13.8. The van der Waals surface area contributed by atoms with Crippen molar-refractivity contribution in [1.29, 1.82) is 0 Å². The molecule has 0 spiro atoms. The Bertz CT molecular complexity index is 1310. The van der Waals surface area contributed by atoms with Gasteiger partial charge in [-0.25, -0.2) is 8.42 Å². The molecule has 0 bridgehead atoms. The zero-order valence-electron chi connectivity index (χ0n) is 21.8. The van der Waals surface area contributed by atoms with E-state index in [4.69, 9.17) is 0 Å². The van der Waals surface area contributed by atoms with Gasteiger partial charge >= 0.3 is 0 Å². The summed E-state index contributed by atoms with van der Waals surface area (Å²) in [5.74, 6) is -0.771. The summed E-state index contributed by atoms with van der Waals surface area (Å²) in [4.78, 5) is 28.1. The van der Waals surface area contributed by atoms with E-state index in [2.05, 4.69) is 5.32 Å². The number of likely N-dealkylation sites (N-methyl/N-ethyl adjacent to an activating group) is 1. The molecule has 0 radical (unpaired) electrons. The number of aryl methyl sites for hydroxylation is 2. The lowest BCUT2D eigenvalue weighted by atomic mass is 10.1. The molecule has 196 valence electrons. The van der Waals surface area contributed by atoms with Crippen molar-refractivity contribution in [3.05, 3.63) is 95.6 Å². The number of carbonyl (C=O) groups excluding carboxylic acids is 2. The zero-order chi connectivity index (χ0) is 27.0. The van der Waals surface area contributed by atoms with Crippen molar-refractivity contribution in [2.24, 2.45) is 0 Å². The van der Waals surface area contributed by atoms with Crippen LogP contribution in [-0.2, 0) is 32.6 Å². The van der Waals surface area contributed by atoms with Crippen LogP contribution in [0.3, 0.4) is 0 Å². The molecule has 0 saturated heterocycles. The fourth-order valence-electron chi connectivity index (χ4n) is 4.06. The Hall–Kier alpha value is -3.65. The van der Waals surface area contributed by atoms with Crippen LogP contribution in [0.4, 0.5) is 5.69 Å². The minimum absolute atomic E-state index is 0.0874. The van der Waals surface area contributed by atoms with Crippen LogP contribution in [0.25, 0.3) is 0 Å². The van der Waals surface area contributed by atoms with E-state index in [1.165, 1.54) is 17.0 Å². The Morgan fingerprint density at radius 3 is 2.16 bits per heavy atom. The number of benzene rings is 3. The number of nitrogens with one attached hydrogen (secondary N) is 1. The molecule has 0 aliphatic rings. The minimum atomic E-state index is -4.05. The van der Waals surface area contributed by atoms with Gasteiger partial charge in [-0.05, 0) is 62.6 Å². The van der Waals surface area contributed by atoms with Crippen LogP contribution in [0.2, 0.25) is 0 Å². The van der Waals surface area contributed by atoms with Gasteiger partial charge in [0.05, 0.1) is 10.6 Å². The molecule has 1 N–H and O–H groups in total. The van der Waals surface area contributed by atoms with Crippen LogP contribution < -0.4 is 9.62 Å². The Balaban J connectivity index is 2.02. The van der Waals surface area contributed by atoms with Crippen LogP contribution in [-0.4, -0.2) is 44.3 Å². The highest BCUT2D eigenvalue weighted by Crippen LogP contribution is 2.25. The maximum atomic E-state index is 13.8. The molecule has 7 nitrogen and oxygen atoms in total. The summed E-state index contributed by atoms with van der Waals surface area (Å²) >= 11 is 0. The Labute approximate surface area is 220 Å². The second-order valence-electron chi connectivity index (χ2n) is 8.93. The van der Waals surface area contributed by atoms with Crippen LogP contribution >= 0.6 is 0 Å². The van der Waals surface area contributed by atoms with Gasteiger partial charge in [-0.1, -0.05) is 67.1 Å². The quantitative estimate of drug-likeness (QED) is 0.408. The SMILES string of the molecule is CCNC(=O)C(C)N(Cc1cccc(C)c1)C(=O)CN(c1ccc(CC)cc1)S(=O)(=O)c1ccccc1. The first-order valence-corrected chi connectivity index (χ1v) is 13.9. The van der Waals surface area contributed by atoms with Crippen molar-refractivity contribution in [3.63, 3.8) is 0 Å². The fraction of sp³-hybridized carbons (Fsp3) is 0.310. The molecule has 0 aromatic heterocycles. The highest BCUT2D eigenvalue weighted by Gasteiger charge is 2.32. The average Bonchev–Trinajstić information content (AvgIpc) is 2.90. The van der Waals surface area contributed by atoms with E-state index in [0.29, 0.717) is 12.2 Å². The highest BCUT2D eigenvalue weighted by atomic mass is 32.2. The Kier molecular flexibility index (Phi) is 9.47. The second kappa shape index (κ2) is 12.5. The van der Waals surface area contributed by atoms with E-state index in [0.717, 1.165) is 27.4 Å². The first kappa shape index (κ1) is 27.9. The predicted octanol–water partition coefficient (Wildman–Crippen LogP) is 4.31. The van der Waals surface area contributed by atoms with E-state index < -0.39 is 28.5 Å². The first-order valence-electron chi connectivity index (χ1n) is 12.5. The molecule has 0 heterocycles. The lowest BCUT2D eigenvalue weighted by Gasteiger charge is -2.32. The summed E-state index contributed by atoms with van der Waals surface area (Å²) in [5.41, 5.74) is 3.32. The van der Waals surface area contributed by atoms with Gasteiger partial charge in [0.25, 0.3) is 10.0 Å². The smallest absolute Gasteiger partial charge is 0.264 e. The van der Waals surface area contributed by atoms with Gasteiger partial charge < -0.3 is 10.2 Å². The van der Waals surface area contributed by atoms with Gasteiger partial charge in [-0.15, -0.1) is 0 Å². The molecule has 3 rings (SSSR count). The molecule has 37 heavy (non-hydrogen) atoms. The molecular weight excluding hydrogens is 486 g/mol. The zero-order valence-corrected chi connectivity index (χ0v) is 22.7. The van der Waals surface area contributed by atoms with Crippen molar-refractivity contribution in [3.8, 4) is 0 Å². The van der Waals surface area contributed by atoms with Gasteiger partial charge in [0.2, 0.25) is 11.8 Å². The minimum Gasteiger partial charge on any atom is -0.355 e. The lowest BCUT2D eigenvalue weighted by Crippen LogP contribution is -2.51. The number of hydrogen-bond acceptors (Lipinski definition) is 4. The van der Waals surface area contributed by atoms with Gasteiger partial charge in [0.15, 0.2) is 0 Å². The molecule has 0 fully saturated rings. The number of sulfonamides is 1. The molecule has 1 unspecified atom stereocenters. The number of hydrogen-bond donors (Lipinski definition) is 1. The molecule has 3 aromatic carbocycles. The number of rotatable bonds is 11. The van der Waals surface area contributed by atoms with Gasteiger partial charge in [0, 0.05) is 13.1 Å². The molecular formula is C29H35N3O4S. The van der Waals surface area contributed by atoms with E-state index in [-0.39, 0.29) is 17.3 Å². The summed E-state index contributed by atoms with van der Waals surface area (Å²) in [7, 11) is -4.05. The van der Waals surface area contributed by atoms with Gasteiger partial charge in [-0.2, -0.15) is 0 Å². The molecule has 1 atom stereocenters. The van der Waals surface area contributed by atoms with E-state index in [1.807, 2.05) is 57.2 Å². The molecule has 8 heteroatoms. The van der Waals surface area contributed by atoms with Crippen LogP contribution in [0, 0.1) is 6.92 Å². The van der Waals surface area contributed by atoms with Crippen LogP contribution in [0.5, 0.6) is 0 Å². The third kappa shape index (κ3) is 6.98. The second-order valence-corrected chi connectivity index (χ2v) is 10.8. The topological polar surface area (TPSA) is 86.8 Å². The summed E-state index contributed by atoms with van der Waals surface area (Å²) < 4.78 is 28.6. The number of anilines is 1. The van der Waals surface area contributed by atoms with Crippen molar-refractivity contribution >= 4 is 27.5 Å². The molecule has 0 aliphatic heterocycles. The number of carbonyl (C=O) groups is 2. The van der Waals surface area contributed by atoms with Gasteiger partial charge in [-0.3, -0.25) is 13.9 Å². The number of nitrogens with zero attached hydrogens (tertiary/aromatic N) is 2. The summed E-state index contributed by atoms with van der Waals surface area (Å²) in [6.45, 7) is 7.59. The summed E-state index contributed by atoms with van der Waals surface area (Å²) in [6.07, 6.45) is 0.805. The third-order valence-electron chi connectivity index (χ3n) is 6.20. The highest BCUT2D eigenvalue weighted by molar-refractivity contribution is 7.92. The van der Waals surface area contributed by atoms with Crippen molar-refractivity contribution in [2.45, 2.75) is 51.6 Å². The van der Waals surface area contributed by atoms with Crippen LogP contribution in [0.1, 0.15) is 37.5 Å². The van der Waals surface area contributed by atoms with Crippen molar-refractivity contribution in [2.75, 3.05) is 17.4 Å². The molecule has 2 amide bonds. The molecule has 0 aliphatic carbocycles. The van der Waals surface area contributed by atoms with E-state index in [9.17, 15) is 18.0 Å². The first-order chi connectivity index (χ1) is 17.7. The normalized spacial score (nSPS) is 12.0. The van der Waals surface area contributed by atoms with E-state index >= 15 is 0 Å². The van der Waals surface area contributed by atoms with Gasteiger partial charge in [0.1, 0.15) is 12.6 Å². The largest absolute Gasteiger partial charge is 0.355 e. The van der Waals surface area contributed by atoms with Crippen LogP contribution in [0.15, 0.2) is 83.8 Å². The molecule has 3 aromatic rings. The number of amides is 2. The fourth-order valence-corrected chi connectivity index (χ4v) is 5.49. The average molecular weight is 522 g/mol. The van der Waals surface area contributed by atoms with Crippen molar-refractivity contribution in [1.82, 2.24) is 10.2 Å². The summed E-state index contributed by atoms with van der Waals surface area (Å²) in [5, 5.41) is 2.77.